The summed E-state index contributed by atoms with van der Waals surface area (Å²) in [5, 5.41) is 0. The van der Waals surface area contributed by atoms with Gasteiger partial charge in [-0.15, -0.1) is 0 Å². The summed E-state index contributed by atoms with van der Waals surface area (Å²) in [5.74, 6) is 0.663. The second kappa shape index (κ2) is 4.07. The first-order valence-corrected chi connectivity index (χ1v) is 4.72. The zero-order chi connectivity index (χ0) is 8.27. The van der Waals surface area contributed by atoms with Crippen LogP contribution in [0.1, 0.15) is 26.7 Å². The van der Waals surface area contributed by atoms with Crippen molar-refractivity contribution in [3.8, 4) is 0 Å². The van der Waals surface area contributed by atoms with Gasteiger partial charge < -0.3 is 10.6 Å². The fourth-order valence-corrected chi connectivity index (χ4v) is 1.45. The number of nitrogens with two attached hydrogens (primary N) is 1. The van der Waals surface area contributed by atoms with E-state index in [1.807, 2.05) is 0 Å². The topological polar surface area (TPSA) is 29.3 Å². The Labute approximate surface area is 69.8 Å². The second-order valence-corrected chi connectivity index (χ2v) is 3.66. The molecule has 0 aliphatic heterocycles. The molecule has 1 rings (SSSR count). The van der Waals surface area contributed by atoms with Gasteiger partial charge in [-0.3, -0.25) is 0 Å². The van der Waals surface area contributed by atoms with Crippen LogP contribution in [-0.2, 0) is 0 Å². The summed E-state index contributed by atoms with van der Waals surface area (Å²) in [4.78, 5) is 2.55. The molecule has 1 aliphatic rings. The van der Waals surface area contributed by atoms with Gasteiger partial charge >= 0.3 is 0 Å². The fourth-order valence-electron chi connectivity index (χ4n) is 1.45. The lowest BCUT2D eigenvalue weighted by molar-refractivity contribution is 0.242. The van der Waals surface area contributed by atoms with Gasteiger partial charge in [0.15, 0.2) is 0 Å². The van der Waals surface area contributed by atoms with Crippen molar-refractivity contribution >= 4 is 0 Å². The summed E-state index contributed by atoms with van der Waals surface area (Å²) < 4.78 is 0. The largest absolute Gasteiger partial charge is 0.330 e. The Morgan fingerprint density at radius 1 is 1.55 bits per heavy atom. The molecule has 0 aromatic carbocycles. The molecule has 0 aromatic rings. The van der Waals surface area contributed by atoms with Crippen molar-refractivity contribution < 1.29 is 0 Å². The molecule has 0 heterocycles. The van der Waals surface area contributed by atoms with Crippen LogP contribution in [0.15, 0.2) is 0 Å². The summed E-state index contributed by atoms with van der Waals surface area (Å²) in [6, 6.07) is 0.897. The van der Waals surface area contributed by atoms with Gasteiger partial charge in [-0.2, -0.15) is 0 Å². The quantitative estimate of drug-likeness (QED) is 0.645. The predicted octanol–water partition coefficient (Wildman–Crippen LogP) is 1.07. The van der Waals surface area contributed by atoms with Crippen LogP contribution in [0.3, 0.4) is 0 Å². The van der Waals surface area contributed by atoms with Crippen LogP contribution in [0.5, 0.6) is 0 Å². The zero-order valence-electron chi connectivity index (χ0n) is 7.71. The van der Waals surface area contributed by atoms with Crippen LogP contribution in [0.25, 0.3) is 0 Å². The summed E-state index contributed by atoms with van der Waals surface area (Å²) >= 11 is 0. The van der Waals surface area contributed by atoms with Gasteiger partial charge in [0.05, 0.1) is 0 Å². The molecule has 0 saturated heterocycles. The monoisotopic (exact) mass is 156 g/mol. The van der Waals surface area contributed by atoms with E-state index in [0.29, 0.717) is 5.92 Å². The third-order valence-corrected chi connectivity index (χ3v) is 2.42. The molecular weight excluding hydrogens is 136 g/mol. The lowest BCUT2D eigenvalue weighted by Gasteiger charge is -2.22. The normalized spacial score (nSPS) is 20.7. The SMILES string of the molecule is CCN(CC(C)CN)C1CC1. The summed E-state index contributed by atoms with van der Waals surface area (Å²) in [7, 11) is 0. The molecule has 2 heteroatoms. The van der Waals surface area contributed by atoms with E-state index in [9.17, 15) is 0 Å². The second-order valence-electron chi connectivity index (χ2n) is 3.66. The van der Waals surface area contributed by atoms with Crippen LogP contribution in [0.2, 0.25) is 0 Å². The Kier molecular flexibility index (Phi) is 3.34. The average Bonchev–Trinajstić information content (AvgIpc) is 2.82. The predicted molar refractivity (Wildman–Crippen MR) is 48.5 cm³/mol. The van der Waals surface area contributed by atoms with E-state index in [-0.39, 0.29) is 0 Å². The molecule has 1 atom stereocenters. The van der Waals surface area contributed by atoms with Gasteiger partial charge in [0, 0.05) is 12.6 Å². The van der Waals surface area contributed by atoms with E-state index >= 15 is 0 Å². The molecular formula is C9H20N2. The Balaban J connectivity index is 2.19. The van der Waals surface area contributed by atoms with Crippen LogP contribution >= 0.6 is 0 Å². The highest BCUT2D eigenvalue weighted by atomic mass is 15.2. The van der Waals surface area contributed by atoms with E-state index in [2.05, 4.69) is 18.7 Å². The third-order valence-electron chi connectivity index (χ3n) is 2.42. The van der Waals surface area contributed by atoms with E-state index in [0.717, 1.165) is 12.6 Å². The fraction of sp³-hybridized carbons (Fsp3) is 1.00. The molecule has 0 radical (unpaired) electrons. The molecule has 1 saturated carbocycles. The lowest BCUT2D eigenvalue weighted by Crippen LogP contribution is -2.33. The molecule has 66 valence electrons. The lowest BCUT2D eigenvalue weighted by atomic mass is 10.1. The molecule has 2 N–H and O–H groups in total. The summed E-state index contributed by atoms with van der Waals surface area (Å²) in [5.41, 5.74) is 5.57. The Bertz CT molecular complexity index is 110. The Hall–Kier alpha value is -0.0800. The summed E-state index contributed by atoms with van der Waals surface area (Å²) in [6.45, 7) is 7.67. The van der Waals surface area contributed by atoms with Crippen molar-refractivity contribution in [2.24, 2.45) is 11.7 Å². The van der Waals surface area contributed by atoms with Crippen molar-refractivity contribution in [2.45, 2.75) is 32.7 Å². The molecule has 0 aromatic heterocycles. The molecule has 0 bridgehead atoms. The van der Waals surface area contributed by atoms with Crippen molar-refractivity contribution in [3.63, 3.8) is 0 Å². The summed E-state index contributed by atoms with van der Waals surface area (Å²) in [6.07, 6.45) is 2.82. The van der Waals surface area contributed by atoms with Gasteiger partial charge in [-0.05, 0) is 31.8 Å². The average molecular weight is 156 g/mol. The minimum absolute atomic E-state index is 0.663. The number of nitrogens with zero attached hydrogens (tertiary/aromatic N) is 1. The van der Waals surface area contributed by atoms with Gasteiger partial charge in [0.25, 0.3) is 0 Å². The molecule has 0 spiro atoms. The minimum atomic E-state index is 0.663. The minimum Gasteiger partial charge on any atom is -0.330 e. The van der Waals surface area contributed by atoms with E-state index in [1.165, 1.54) is 25.9 Å². The number of rotatable bonds is 5. The van der Waals surface area contributed by atoms with Crippen LogP contribution < -0.4 is 5.73 Å². The molecule has 1 aliphatic carbocycles. The maximum absolute atomic E-state index is 5.57. The van der Waals surface area contributed by atoms with Gasteiger partial charge in [0.2, 0.25) is 0 Å². The van der Waals surface area contributed by atoms with Gasteiger partial charge in [0.1, 0.15) is 0 Å². The van der Waals surface area contributed by atoms with Crippen LogP contribution in [0.4, 0.5) is 0 Å². The van der Waals surface area contributed by atoms with Crippen molar-refractivity contribution in [1.29, 1.82) is 0 Å². The van der Waals surface area contributed by atoms with Crippen molar-refractivity contribution in [2.75, 3.05) is 19.6 Å². The first-order valence-electron chi connectivity index (χ1n) is 4.72. The van der Waals surface area contributed by atoms with Crippen LogP contribution in [0, 0.1) is 5.92 Å². The van der Waals surface area contributed by atoms with Gasteiger partial charge in [-0.1, -0.05) is 13.8 Å². The van der Waals surface area contributed by atoms with E-state index < -0.39 is 0 Å². The number of hydrogen-bond donors (Lipinski definition) is 1. The highest BCUT2D eigenvalue weighted by Crippen LogP contribution is 2.26. The van der Waals surface area contributed by atoms with Crippen LogP contribution in [-0.4, -0.2) is 30.6 Å². The first kappa shape index (κ1) is 9.01. The highest BCUT2D eigenvalue weighted by Gasteiger charge is 2.28. The number of hydrogen-bond acceptors (Lipinski definition) is 2. The third kappa shape index (κ3) is 2.80. The maximum atomic E-state index is 5.57. The standard InChI is InChI=1S/C9H20N2/c1-3-11(9-4-5-9)7-8(2)6-10/h8-9H,3-7,10H2,1-2H3. The smallest absolute Gasteiger partial charge is 0.00964 e. The molecule has 2 nitrogen and oxygen atoms in total. The van der Waals surface area contributed by atoms with E-state index in [4.69, 9.17) is 5.73 Å². The highest BCUT2D eigenvalue weighted by molar-refractivity contribution is 4.84. The molecule has 1 unspecified atom stereocenters. The van der Waals surface area contributed by atoms with Gasteiger partial charge in [-0.25, -0.2) is 0 Å². The molecule has 11 heavy (non-hydrogen) atoms. The zero-order valence-corrected chi connectivity index (χ0v) is 7.71. The van der Waals surface area contributed by atoms with E-state index in [1.54, 1.807) is 0 Å². The maximum Gasteiger partial charge on any atom is 0.00964 e. The Morgan fingerprint density at radius 2 is 2.18 bits per heavy atom. The first-order chi connectivity index (χ1) is 5.27. The van der Waals surface area contributed by atoms with Crippen molar-refractivity contribution in [1.82, 2.24) is 4.90 Å². The molecule has 1 fully saturated rings. The Morgan fingerprint density at radius 3 is 2.55 bits per heavy atom. The molecule has 0 amide bonds. The van der Waals surface area contributed by atoms with Crippen molar-refractivity contribution in [3.05, 3.63) is 0 Å².